The van der Waals surface area contributed by atoms with E-state index < -0.39 is 10.0 Å². The molecule has 29 heavy (non-hydrogen) atoms. The number of nitrogens with zero attached hydrogens (tertiary/aromatic N) is 4. The number of benzene rings is 1. The van der Waals surface area contributed by atoms with E-state index in [0.717, 1.165) is 29.9 Å². The highest BCUT2D eigenvalue weighted by atomic mass is 32.2. The van der Waals surface area contributed by atoms with Crippen LogP contribution in [0.3, 0.4) is 0 Å². The summed E-state index contributed by atoms with van der Waals surface area (Å²) < 4.78 is 29.2. The maximum Gasteiger partial charge on any atom is 0.216 e. The minimum Gasteiger partial charge on any atom is -0.355 e. The van der Waals surface area contributed by atoms with Crippen LogP contribution in [0.15, 0.2) is 35.6 Å². The van der Waals surface area contributed by atoms with Crippen LogP contribution in [-0.2, 0) is 35.3 Å². The van der Waals surface area contributed by atoms with Gasteiger partial charge in [0, 0.05) is 39.1 Å². The van der Waals surface area contributed by atoms with Crippen molar-refractivity contribution >= 4 is 16.0 Å². The number of nitrogens with one attached hydrogen (secondary N) is 3. The Morgan fingerprint density at radius 2 is 1.93 bits per heavy atom. The molecule has 0 saturated heterocycles. The number of hydrogen-bond donors (Lipinski definition) is 3. The summed E-state index contributed by atoms with van der Waals surface area (Å²) in [5, 5.41) is 14.5. The number of aromatic nitrogens is 3. The maximum atomic E-state index is 12.3. The summed E-state index contributed by atoms with van der Waals surface area (Å²) in [6, 6.07) is 7.38. The predicted molar refractivity (Wildman–Crippen MR) is 115 cm³/mol. The first kappa shape index (κ1) is 22.8. The summed E-state index contributed by atoms with van der Waals surface area (Å²) in [6.07, 6.45) is 2.55. The molecule has 1 heterocycles. The Morgan fingerprint density at radius 1 is 1.21 bits per heavy atom. The van der Waals surface area contributed by atoms with Crippen LogP contribution in [0, 0.1) is 0 Å². The monoisotopic (exact) mass is 421 g/mol. The Labute approximate surface area is 173 Å². The van der Waals surface area contributed by atoms with Crippen LogP contribution in [-0.4, -0.2) is 48.8 Å². The van der Waals surface area contributed by atoms with Crippen molar-refractivity contribution < 1.29 is 8.42 Å². The van der Waals surface area contributed by atoms with Gasteiger partial charge in [-0.15, -0.1) is 10.2 Å². The van der Waals surface area contributed by atoms with Gasteiger partial charge in [0.1, 0.15) is 12.2 Å². The number of aliphatic imine (C=N–C) groups is 1. The third kappa shape index (κ3) is 7.47. The van der Waals surface area contributed by atoms with E-state index in [2.05, 4.69) is 30.5 Å². The molecule has 0 aliphatic rings. The molecule has 0 aliphatic carbocycles. The van der Waals surface area contributed by atoms with E-state index in [4.69, 9.17) is 0 Å². The van der Waals surface area contributed by atoms with Crippen molar-refractivity contribution in [2.24, 2.45) is 4.99 Å². The average molecular weight is 422 g/mol. The zero-order valence-corrected chi connectivity index (χ0v) is 18.3. The molecular formula is C19H31N7O2S. The van der Waals surface area contributed by atoms with Gasteiger partial charge in [-0.1, -0.05) is 31.2 Å². The molecule has 0 amide bonds. The standard InChI is InChI=1S/C19H31N7O2S/c1-5-18-24-23-14-26(18)11-10-21-19(20-4)22-12-16-8-6-7-9-17(16)13-29(27,28)25-15(2)3/h6-9,14-15,25H,5,10-13H2,1-4H3,(H2,20,21,22). The maximum absolute atomic E-state index is 12.3. The van der Waals surface area contributed by atoms with E-state index in [9.17, 15) is 8.42 Å². The van der Waals surface area contributed by atoms with Crippen LogP contribution < -0.4 is 15.4 Å². The molecule has 10 heteroatoms. The number of sulfonamides is 1. The molecule has 9 nitrogen and oxygen atoms in total. The van der Waals surface area contributed by atoms with E-state index in [-0.39, 0.29) is 11.8 Å². The molecule has 2 rings (SSSR count). The molecule has 1 aromatic heterocycles. The highest BCUT2D eigenvalue weighted by Crippen LogP contribution is 2.12. The summed E-state index contributed by atoms with van der Waals surface area (Å²) in [7, 11) is -1.68. The smallest absolute Gasteiger partial charge is 0.216 e. The zero-order valence-electron chi connectivity index (χ0n) is 17.5. The summed E-state index contributed by atoms with van der Waals surface area (Å²) in [6.45, 7) is 7.53. The summed E-state index contributed by atoms with van der Waals surface area (Å²) >= 11 is 0. The van der Waals surface area contributed by atoms with Gasteiger partial charge in [-0.2, -0.15) is 0 Å². The largest absolute Gasteiger partial charge is 0.355 e. The molecule has 160 valence electrons. The molecule has 0 bridgehead atoms. The second-order valence-electron chi connectivity index (χ2n) is 6.95. The van der Waals surface area contributed by atoms with Crippen LogP contribution in [0.25, 0.3) is 0 Å². The van der Waals surface area contributed by atoms with Gasteiger partial charge in [0.25, 0.3) is 0 Å². The van der Waals surface area contributed by atoms with Gasteiger partial charge in [-0.3, -0.25) is 4.99 Å². The number of guanidine groups is 1. The van der Waals surface area contributed by atoms with Crippen LogP contribution in [0.2, 0.25) is 0 Å². The van der Waals surface area contributed by atoms with E-state index in [1.165, 1.54) is 0 Å². The van der Waals surface area contributed by atoms with Gasteiger partial charge < -0.3 is 15.2 Å². The molecule has 0 radical (unpaired) electrons. The molecule has 0 saturated carbocycles. The normalized spacial score (nSPS) is 12.4. The minimum atomic E-state index is -3.38. The van der Waals surface area contributed by atoms with Crippen LogP contribution >= 0.6 is 0 Å². The first-order chi connectivity index (χ1) is 13.8. The van der Waals surface area contributed by atoms with Crippen molar-refractivity contribution in [1.29, 1.82) is 0 Å². The third-order valence-electron chi connectivity index (χ3n) is 4.21. The Kier molecular flexibility index (Phi) is 8.59. The van der Waals surface area contributed by atoms with E-state index in [0.29, 0.717) is 19.0 Å². The highest BCUT2D eigenvalue weighted by Gasteiger charge is 2.15. The summed E-state index contributed by atoms with van der Waals surface area (Å²) in [4.78, 5) is 4.23. The minimum absolute atomic E-state index is 0.0531. The molecule has 0 aliphatic heterocycles. The fraction of sp³-hybridized carbons (Fsp3) is 0.526. The molecule has 1 aromatic carbocycles. The third-order valence-corrected chi connectivity index (χ3v) is 5.73. The molecule has 0 spiro atoms. The lowest BCUT2D eigenvalue weighted by atomic mass is 10.1. The quantitative estimate of drug-likeness (QED) is 0.390. The van der Waals surface area contributed by atoms with Crippen molar-refractivity contribution in [2.75, 3.05) is 13.6 Å². The fourth-order valence-corrected chi connectivity index (χ4v) is 4.40. The Hall–Kier alpha value is -2.46. The topological polar surface area (TPSA) is 113 Å². The Morgan fingerprint density at radius 3 is 2.59 bits per heavy atom. The molecule has 0 atom stereocenters. The van der Waals surface area contributed by atoms with E-state index in [1.54, 1.807) is 13.4 Å². The van der Waals surface area contributed by atoms with Crippen molar-refractivity contribution in [1.82, 2.24) is 30.1 Å². The van der Waals surface area contributed by atoms with Gasteiger partial charge >= 0.3 is 0 Å². The van der Waals surface area contributed by atoms with Crippen molar-refractivity contribution in [3.05, 3.63) is 47.5 Å². The average Bonchev–Trinajstić information content (AvgIpc) is 3.11. The summed E-state index contributed by atoms with van der Waals surface area (Å²) in [5.74, 6) is 1.54. The van der Waals surface area contributed by atoms with Gasteiger partial charge in [0.15, 0.2) is 5.96 Å². The van der Waals surface area contributed by atoms with Gasteiger partial charge in [-0.25, -0.2) is 13.1 Å². The lowest BCUT2D eigenvalue weighted by Gasteiger charge is -2.15. The zero-order chi connectivity index (χ0) is 21.3. The Balaban J connectivity index is 1.92. The van der Waals surface area contributed by atoms with Gasteiger partial charge in [0.2, 0.25) is 10.0 Å². The van der Waals surface area contributed by atoms with Crippen molar-refractivity contribution in [3.63, 3.8) is 0 Å². The van der Waals surface area contributed by atoms with E-state index >= 15 is 0 Å². The second kappa shape index (κ2) is 10.9. The predicted octanol–water partition coefficient (Wildman–Crippen LogP) is 1.03. The number of aryl methyl sites for hydroxylation is 1. The van der Waals surface area contributed by atoms with Crippen LogP contribution in [0.5, 0.6) is 0 Å². The number of rotatable bonds is 10. The number of hydrogen-bond acceptors (Lipinski definition) is 5. The molecule has 3 N–H and O–H groups in total. The van der Waals surface area contributed by atoms with Crippen molar-refractivity contribution in [3.8, 4) is 0 Å². The first-order valence-corrected chi connectivity index (χ1v) is 11.4. The lowest BCUT2D eigenvalue weighted by molar-refractivity contribution is 0.568. The first-order valence-electron chi connectivity index (χ1n) is 9.72. The van der Waals surface area contributed by atoms with Gasteiger partial charge in [-0.05, 0) is 25.0 Å². The van der Waals surface area contributed by atoms with Crippen molar-refractivity contribution in [2.45, 2.75) is 52.1 Å². The van der Waals surface area contributed by atoms with Crippen LogP contribution in [0.4, 0.5) is 0 Å². The fourth-order valence-electron chi connectivity index (χ4n) is 2.91. The molecule has 0 fully saturated rings. The summed E-state index contributed by atoms with van der Waals surface area (Å²) in [5.41, 5.74) is 1.68. The molecular weight excluding hydrogens is 390 g/mol. The Bertz CT molecular complexity index is 907. The van der Waals surface area contributed by atoms with Crippen LogP contribution in [0.1, 0.15) is 37.7 Å². The van der Waals surface area contributed by atoms with Gasteiger partial charge in [0.05, 0.1) is 5.75 Å². The lowest BCUT2D eigenvalue weighted by Crippen LogP contribution is -2.38. The SMILES string of the molecule is CCc1nncn1CCNC(=NC)NCc1ccccc1CS(=O)(=O)NC(C)C. The molecule has 0 unspecified atom stereocenters. The second-order valence-corrected chi connectivity index (χ2v) is 8.70. The molecule has 2 aromatic rings. The highest BCUT2D eigenvalue weighted by molar-refractivity contribution is 7.88. The van der Waals surface area contributed by atoms with E-state index in [1.807, 2.05) is 49.6 Å².